The normalized spacial score (nSPS) is 13.8. The Bertz CT molecular complexity index is 988. The summed E-state index contributed by atoms with van der Waals surface area (Å²) in [5.41, 5.74) is 0. The van der Waals surface area contributed by atoms with Gasteiger partial charge in [0.1, 0.15) is 0 Å². The standard InChI is InChI=1S/C50H87NO3/c1-3-5-7-9-11-13-15-16-17-18-19-20-21-22-23-24-25-26-27-28-29-30-31-32-33-34-36-38-40-42-44-46-50(54)51-48(47-52)49(53)45-43-41-39-37-35-14-12-10-8-6-4-2/h5,7,11,13,16-17,19-20,22-23,35,37,43,45,48-49,52-53H,3-4,6,8-10,12,14-15,18,21,24-34,36,38-42,44,46-47H2,1-2H3,(H,51,54)/b7-5-,13-11-,17-16-,20-19-,23-22-,37-35+,45-43+. The Morgan fingerprint density at radius 3 is 1.30 bits per heavy atom. The number of aliphatic hydroxyl groups excluding tert-OH is 2. The van der Waals surface area contributed by atoms with Crippen LogP contribution in [0.1, 0.15) is 206 Å². The van der Waals surface area contributed by atoms with Crippen LogP contribution in [-0.2, 0) is 4.79 Å². The summed E-state index contributed by atoms with van der Waals surface area (Å²) in [4.78, 5) is 12.4. The molecule has 0 saturated carbocycles. The van der Waals surface area contributed by atoms with E-state index in [2.05, 4.69) is 92.1 Å². The van der Waals surface area contributed by atoms with E-state index in [9.17, 15) is 15.0 Å². The van der Waals surface area contributed by atoms with E-state index in [4.69, 9.17) is 0 Å². The maximum absolute atomic E-state index is 12.4. The van der Waals surface area contributed by atoms with Gasteiger partial charge in [0.25, 0.3) is 0 Å². The third-order valence-corrected chi connectivity index (χ3v) is 9.86. The summed E-state index contributed by atoms with van der Waals surface area (Å²) >= 11 is 0. The van der Waals surface area contributed by atoms with Crippen molar-refractivity contribution < 1.29 is 15.0 Å². The van der Waals surface area contributed by atoms with Crippen molar-refractivity contribution in [3.05, 3.63) is 85.1 Å². The Balaban J connectivity index is 3.53. The van der Waals surface area contributed by atoms with Crippen LogP contribution < -0.4 is 5.32 Å². The van der Waals surface area contributed by atoms with Crippen molar-refractivity contribution in [3.63, 3.8) is 0 Å². The average Bonchev–Trinajstić information content (AvgIpc) is 3.18. The van der Waals surface area contributed by atoms with Gasteiger partial charge in [-0.3, -0.25) is 4.79 Å². The minimum atomic E-state index is -0.863. The van der Waals surface area contributed by atoms with Crippen LogP contribution in [0.4, 0.5) is 0 Å². The van der Waals surface area contributed by atoms with Gasteiger partial charge in [0.2, 0.25) is 5.91 Å². The molecule has 4 heteroatoms. The molecular formula is C50H87NO3. The highest BCUT2D eigenvalue weighted by molar-refractivity contribution is 5.76. The predicted octanol–water partition coefficient (Wildman–Crippen LogP) is 14.5. The minimum absolute atomic E-state index is 0.0790. The maximum atomic E-state index is 12.4. The van der Waals surface area contributed by atoms with Gasteiger partial charge in [-0.15, -0.1) is 0 Å². The van der Waals surface area contributed by atoms with E-state index < -0.39 is 12.1 Å². The fourth-order valence-corrected chi connectivity index (χ4v) is 6.40. The molecule has 0 heterocycles. The summed E-state index contributed by atoms with van der Waals surface area (Å²) < 4.78 is 0. The number of amides is 1. The molecule has 0 fully saturated rings. The summed E-state index contributed by atoms with van der Waals surface area (Å²) in [6.45, 7) is 4.15. The van der Waals surface area contributed by atoms with Crippen molar-refractivity contribution in [3.8, 4) is 0 Å². The van der Waals surface area contributed by atoms with Crippen LogP contribution in [0.2, 0.25) is 0 Å². The Labute approximate surface area is 335 Å². The first kappa shape index (κ1) is 51.6. The zero-order valence-corrected chi connectivity index (χ0v) is 35.5. The molecule has 0 aliphatic carbocycles. The lowest BCUT2D eigenvalue weighted by Crippen LogP contribution is -2.45. The summed E-state index contributed by atoms with van der Waals surface area (Å²) in [5.74, 6) is -0.0790. The molecule has 0 saturated heterocycles. The molecule has 0 aromatic rings. The number of nitrogens with one attached hydrogen (secondary N) is 1. The molecule has 0 aliphatic rings. The first-order valence-electron chi connectivity index (χ1n) is 22.8. The fourth-order valence-electron chi connectivity index (χ4n) is 6.40. The summed E-state index contributed by atoms with van der Waals surface area (Å²) in [7, 11) is 0. The van der Waals surface area contributed by atoms with Crippen LogP contribution in [0, 0.1) is 0 Å². The van der Waals surface area contributed by atoms with Gasteiger partial charge in [-0.1, -0.05) is 208 Å². The third kappa shape index (κ3) is 40.7. The Morgan fingerprint density at radius 2 is 0.833 bits per heavy atom. The molecule has 310 valence electrons. The number of aliphatic hydroxyl groups is 2. The summed E-state index contributed by atoms with van der Waals surface area (Å²) in [5, 5.41) is 22.9. The second-order valence-electron chi connectivity index (χ2n) is 15.1. The van der Waals surface area contributed by atoms with Crippen LogP contribution in [0.5, 0.6) is 0 Å². The van der Waals surface area contributed by atoms with Gasteiger partial charge >= 0.3 is 0 Å². The molecule has 2 unspecified atom stereocenters. The molecule has 0 aromatic carbocycles. The van der Waals surface area contributed by atoms with Crippen molar-refractivity contribution in [2.75, 3.05) is 6.61 Å². The van der Waals surface area contributed by atoms with E-state index in [1.165, 1.54) is 122 Å². The van der Waals surface area contributed by atoms with E-state index >= 15 is 0 Å². The van der Waals surface area contributed by atoms with E-state index in [0.717, 1.165) is 64.2 Å². The minimum Gasteiger partial charge on any atom is -0.394 e. The molecule has 2 atom stereocenters. The summed E-state index contributed by atoms with van der Waals surface area (Å²) in [6, 6.07) is -0.641. The van der Waals surface area contributed by atoms with E-state index in [0.29, 0.717) is 6.42 Å². The summed E-state index contributed by atoms with van der Waals surface area (Å²) in [6.07, 6.45) is 65.6. The highest BCUT2D eigenvalue weighted by atomic mass is 16.3. The molecule has 0 aromatic heterocycles. The van der Waals surface area contributed by atoms with Crippen molar-refractivity contribution in [1.82, 2.24) is 5.32 Å². The smallest absolute Gasteiger partial charge is 0.220 e. The van der Waals surface area contributed by atoms with Gasteiger partial charge in [0.05, 0.1) is 18.8 Å². The van der Waals surface area contributed by atoms with Gasteiger partial charge in [-0.25, -0.2) is 0 Å². The number of allylic oxidation sites excluding steroid dienone is 13. The van der Waals surface area contributed by atoms with Crippen LogP contribution in [0.25, 0.3) is 0 Å². The SMILES string of the molecule is CC/C=C\C/C=C\C/C=C\C/C=C\C/C=C\CCCCCCCCCCCCCCCCCC(=O)NC(CO)C(O)/C=C/CC/C=C/CCCCCCC. The predicted molar refractivity (Wildman–Crippen MR) is 239 cm³/mol. The molecular weight excluding hydrogens is 663 g/mol. The molecule has 0 rings (SSSR count). The maximum Gasteiger partial charge on any atom is 0.220 e. The van der Waals surface area contributed by atoms with E-state index in [-0.39, 0.29) is 12.5 Å². The van der Waals surface area contributed by atoms with Crippen molar-refractivity contribution >= 4 is 5.91 Å². The number of carbonyl (C=O) groups excluding carboxylic acids is 1. The van der Waals surface area contributed by atoms with Gasteiger partial charge in [-0.05, 0) is 77.0 Å². The number of carbonyl (C=O) groups is 1. The molecule has 0 bridgehead atoms. The fraction of sp³-hybridized carbons (Fsp3) is 0.700. The zero-order chi connectivity index (χ0) is 39.3. The monoisotopic (exact) mass is 750 g/mol. The Hall–Kier alpha value is -2.43. The zero-order valence-electron chi connectivity index (χ0n) is 35.5. The Kier molecular flexibility index (Phi) is 42.9. The first-order chi connectivity index (χ1) is 26.7. The quantitative estimate of drug-likeness (QED) is 0.0431. The second-order valence-corrected chi connectivity index (χ2v) is 15.1. The van der Waals surface area contributed by atoms with Crippen molar-refractivity contribution in [2.45, 2.75) is 219 Å². The molecule has 0 radical (unpaired) electrons. The van der Waals surface area contributed by atoms with Crippen LogP contribution in [-0.4, -0.2) is 34.9 Å². The van der Waals surface area contributed by atoms with Gasteiger partial charge < -0.3 is 15.5 Å². The molecule has 1 amide bonds. The average molecular weight is 750 g/mol. The van der Waals surface area contributed by atoms with Gasteiger partial charge in [-0.2, -0.15) is 0 Å². The largest absolute Gasteiger partial charge is 0.394 e. The Morgan fingerprint density at radius 1 is 0.463 bits per heavy atom. The van der Waals surface area contributed by atoms with Crippen LogP contribution >= 0.6 is 0 Å². The molecule has 54 heavy (non-hydrogen) atoms. The van der Waals surface area contributed by atoms with Crippen molar-refractivity contribution in [1.29, 1.82) is 0 Å². The third-order valence-electron chi connectivity index (χ3n) is 9.86. The van der Waals surface area contributed by atoms with Crippen LogP contribution in [0.15, 0.2) is 85.1 Å². The molecule has 3 N–H and O–H groups in total. The van der Waals surface area contributed by atoms with Gasteiger partial charge in [0, 0.05) is 6.42 Å². The number of unbranched alkanes of at least 4 members (excludes halogenated alkanes) is 21. The lowest BCUT2D eigenvalue weighted by atomic mass is 10.0. The number of hydrogen-bond acceptors (Lipinski definition) is 3. The number of hydrogen-bond donors (Lipinski definition) is 3. The highest BCUT2D eigenvalue weighted by Crippen LogP contribution is 2.14. The number of rotatable bonds is 40. The van der Waals surface area contributed by atoms with E-state index in [1.54, 1.807) is 6.08 Å². The first-order valence-corrected chi connectivity index (χ1v) is 22.8. The van der Waals surface area contributed by atoms with Crippen molar-refractivity contribution in [2.24, 2.45) is 0 Å². The van der Waals surface area contributed by atoms with Crippen LogP contribution in [0.3, 0.4) is 0 Å². The van der Waals surface area contributed by atoms with E-state index in [1.807, 2.05) is 6.08 Å². The topological polar surface area (TPSA) is 69.6 Å². The highest BCUT2D eigenvalue weighted by Gasteiger charge is 2.17. The molecule has 0 spiro atoms. The molecule has 4 nitrogen and oxygen atoms in total. The van der Waals surface area contributed by atoms with Gasteiger partial charge in [0.15, 0.2) is 0 Å². The lowest BCUT2D eigenvalue weighted by Gasteiger charge is -2.19. The second kappa shape index (κ2) is 45.0. The molecule has 0 aliphatic heterocycles. The lowest BCUT2D eigenvalue weighted by molar-refractivity contribution is -0.123.